The van der Waals surface area contributed by atoms with Gasteiger partial charge in [0.25, 0.3) is 0 Å². The number of hydrogen-bond donors (Lipinski definition) is 0. The second kappa shape index (κ2) is 5.03. The molecule has 0 radical (unpaired) electrons. The lowest BCUT2D eigenvalue weighted by atomic mass is 10.3. The molecule has 17 heavy (non-hydrogen) atoms. The van der Waals surface area contributed by atoms with Crippen molar-refractivity contribution < 1.29 is 4.74 Å². The van der Waals surface area contributed by atoms with Gasteiger partial charge in [-0.1, -0.05) is 6.92 Å². The van der Waals surface area contributed by atoms with E-state index in [1.54, 1.807) is 6.20 Å². The van der Waals surface area contributed by atoms with Gasteiger partial charge < -0.3 is 4.74 Å². The molecule has 0 unspecified atom stereocenters. The highest BCUT2D eigenvalue weighted by Crippen LogP contribution is 2.12. The third-order valence-electron chi connectivity index (χ3n) is 2.71. The molecular weight excluding hydrogens is 216 g/mol. The van der Waals surface area contributed by atoms with Crippen LogP contribution >= 0.6 is 0 Å². The van der Waals surface area contributed by atoms with E-state index in [9.17, 15) is 0 Å². The number of nitrogens with zero attached hydrogens (tertiary/aromatic N) is 4. The average molecular weight is 234 g/mol. The molecule has 0 aliphatic rings. The number of rotatable bonds is 5. The first-order valence-electron chi connectivity index (χ1n) is 5.90. The molecule has 92 valence electrons. The first kappa shape index (κ1) is 11.7. The van der Waals surface area contributed by atoms with Crippen molar-refractivity contribution in [3.63, 3.8) is 0 Å². The van der Waals surface area contributed by atoms with Gasteiger partial charge >= 0.3 is 0 Å². The maximum Gasteiger partial charge on any atom is 0.157 e. The van der Waals surface area contributed by atoms with Gasteiger partial charge in [-0.25, -0.2) is 0 Å². The quantitative estimate of drug-likeness (QED) is 0.792. The lowest BCUT2D eigenvalue weighted by Gasteiger charge is -2.02. The third-order valence-corrected chi connectivity index (χ3v) is 2.71. The van der Waals surface area contributed by atoms with Crippen LogP contribution in [-0.2, 0) is 26.6 Å². The van der Waals surface area contributed by atoms with Crippen LogP contribution < -0.4 is 4.74 Å². The predicted octanol–water partition coefficient (Wildman–Crippen LogP) is 1.78. The summed E-state index contributed by atoms with van der Waals surface area (Å²) in [5.41, 5.74) is 2.17. The van der Waals surface area contributed by atoms with Gasteiger partial charge in [0.05, 0.1) is 23.8 Å². The highest BCUT2D eigenvalue weighted by Gasteiger charge is 2.05. The Kier molecular flexibility index (Phi) is 3.46. The van der Waals surface area contributed by atoms with Crippen molar-refractivity contribution in [1.29, 1.82) is 0 Å². The molecule has 2 rings (SSSR count). The Balaban J connectivity index is 1.99. The summed E-state index contributed by atoms with van der Waals surface area (Å²) in [6.45, 7) is 5.53. The van der Waals surface area contributed by atoms with Crippen molar-refractivity contribution in [3.8, 4) is 5.75 Å². The largest absolute Gasteiger partial charge is 0.484 e. The first-order chi connectivity index (χ1) is 8.22. The monoisotopic (exact) mass is 234 g/mol. The molecule has 0 spiro atoms. The topological polar surface area (TPSA) is 44.9 Å². The zero-order valence-electron chi connectivity index (χ0n) is 10.6. The van der Waals surface area contributed by atoms with Gasteiger partial charge in [-0.3, -0.25) is 9.36 Å². The van der Waals surface area contributed by atoms with Crippen molar-refractivity contribution in [2.24, 2.45) is 7.05 Å². The fraction of sp³-hybridized carbons (Fsp3) is 0.500. The minimum absolute atomic E-state index is 0.527. The van der Waals surface area contributed by atoms with E-state index in [2.05, 4.69) is 23.2 Å². The molecule has 2 aromatic heterocycles. The minimum atomic E-state index is 0.527. The fourth-order valence-electron chi connectivity index (χ4n) is 1.63. The molecule has 0 N–H and O–H groups in total. The van der Waals surface area contributed by atoms with Crippen LogP contribution in [0.25, 0.3) is 0 Å². The van der Waals surface area contributed by atoms with Crippen molar-refractivity contribution in [2.45, 2.75) is 33.4 Å². The lowest BCUT2D eigenvalue weighted by molar-refractivity contribution is 0.294. The van der Waals surface area contributed by atoms with Crippen LogP contribution in [0.2, 0.25) is 0 Å². The molecule has 0 aliphatic heterocycles. The Labute approximate surface area is 101 Å². The number of aryl methyl sites for hydroxylation is 3. The van der Waals surface area contributed by atoms with Gasteiger partial charge in [-0.2, -0.15) is 10.2 Å². The van der Waals surface area contributed by atoms with Crippen LogP contribution in [0.3, 0.4) is 0 Å². The van der Waals surface area contributed by atoms with E-state index in [4.69, 9.17) is 4.74 Å². The van der Waals surface area contributed by atoms with Crippen molar-refractivity contribution in [1.82, 2.24) is 19.6 Å². The Bertz CT molecular complexity index is 486. The van der Waals surface area contributed by atoms with E-state index in [0.29, 0.717) is 6.61 Å². The second-order valence-electron chi connectivity index (χ2n) is 3.92. The molecule has 2 heterocycles. The van der Waals surface area contributed by atoms with Gasteiger partial charge in [0.1, 0.15) is 6.61 Å². The van der Waals surface area contributed by atoms with Crippen molar-refractivity contribution in [2.75, 3.05) is 0 Å². The van der Waals surface area contributed by atoms with Crippen LogP contribution in [0, 0.1) is 0 Å². The molecule has 0 atom stereocenters. The summed E-state index contributed by atoms with van der Waals surface area (Å²) in [7, 11) is 1.94. The summed E-state index contributed by atoms with van der Waals surface area (Å²) >= 11 is 0. The molecule has 0 aliphatic carbocycles. The van der Waals surface area contributed by atoms with Crippen LogP contribution in [0.1, 0.15) is 25.2 Å². The SMILES string of the molecule is CCc1cc(COc2cnn(CC)c2)n(C)n1. The van der Waals surface area contributed by atoms with Gasteiger partial charge in [-0.15, -0.1) is 0 Å². The van der Waals surface area contributed by atoms with Gasteiger partial charge in [0.15, 0.2) is 5.75 Å². The molecular formula is C12H18N4O. The van der Waals surface area contributed by atoms with E-state index in [1.165, 1.54) is 0 Å². The fourth-order valence-corrected chi connectivity index (χ4v) is 1.63. The lowest BCUT2D eigenvalue weighted by Crippen LogP contribution is -2.02. The normalized spacial score (nSPS) is 10.8. The second-order valence-corrected chi connectivity index (χ2v) is 3.92. The number of ether oxygens (including phenoxy) is 1. The Morgan fingerprint density at radius 1 is 1.35 bits per heavy atom. The summed E-state index contributed by atoms with van der Waals surface area (Å²) in [5.74, 6) is 0.797. The van der Waals surface area contributed by atoms with Crippen LogP contribution in [0.15, 0.2) is 18.5 Å². The molecule has 5 nitrogen and oxygen atoms in total. The number of aromatic nitrogens is 4. The molecule has 0 bridgehead atoms. The van der Waals surface area contributed by atoms with E-state index in [-0.39, 0.29) is 0 Å². The summed E-state index contributed by atoms with van der Waals surface area (Å²) in [6.07, 6.45) is 4.58. The van der Waals surface area contributed by atoms with Gasteiger partial charge in [-0.05, 0) is 19.4 Å². The van der Waals surface area contributed by atoms with E-state index >= 15 is 0 Å². The molecule has 0 amide bonds. The molecule has 0 saturated carbocycles. The molecule has 2 aromatic rings. The summed E-state index contributed by atoms with van der Waals surface area (Å²) < 4.78 is 9.38. The third kappa shape index (κ3) is 2.67. The summed E-state index contributed by atoms with van der Waals surface area (Å²) in [4.78, 5) is 0. The summed E-state index contributed by atoms with van der Waals surface area (Å²) in [5, 5.41) is 8.54. The maximum atomic E-state index is 5.67. The highest BCUT2D eigenvalue weighted by atomic mass is 16.5. The van der Waals surface area contributed by atoms with Crippen LogP contribution in [0.5, 0.6) is 5.75 Å². The van der Waals surface area contributed by atoms with Crippen LogP contribution in [-0.4, -0.2) is 19.6 Å². The molecule has 5 heteroatoms. The van der Waals surface area contributed by atoms with Gasteiger partial charge in [0.2, 0.25) is 0 Å². The molecule has 0 saturated heterocycles. The smallest absolute Gasteiger partial charge is 0.157 e. The van der Waals surface area contributed by atoms with Crippen LogP contribution in [0.4, 0.5) is 0 Å². The van der Waals surface area contributed by atoms with Crippen molar-refractivity contribution in [3.05, 3.63) is 29.8 Å². The predicted molar refractivity (Wildman–Crippen MR) is 64.8 cm³/mol. The van der Waals surface area contributed by atoms with E-state index in [0.717, 1.165) is 30.1 Å². The van der Waals surface area contributed by atoms with E-state index in [1.807, 2.05) is 29.5 Å². The maximum absolute atomic E-state index is 5.67. The summed E-state index contributed by atoms with van der Waals surface area (Å²) in [6, 6.07) is 2.07. The van der Waals surface area contributed by atoms with E-state index < -0.39 is 0 Å². The van der Waals surface area contributed by atoms with Gasteiger partial charge in [0, 0.05) is 13.6 Å². The Morgan fingerprint density at radius 2 is 2.18 bits per heavy atom. The highest BCUT2D eigenvalue weighted by molar-refractivity contribution is 5.14. The molecule has 0 fully saturated rings. The Morgan fingerprint density at radius 3 is 2.76 bits per heavy atom. The van der Waals surface area contributed by atoms with Crippen molar-refractivity contribution >= 4 is 0 Å². The zero-order valence-corrected chi connectivity index (χ0v) is 10.6. The standard InChI is InChI=1S/C12H18N4O/c1-4-10-6-11(15(3)14-10)9-17-12-7-13-16(5-2)8-12/h6-8H,4-5,9H2,1-3H3. The zero-order chi connectivity index (χ0) is 12.3. The Hall–Kier alpha value is -1.78. The number of hydrogen-bond acceptors (Lipinski definition) is 3. The average Bonchev–Trinajstić information content (AvgIpc) is 2.93. The minimum Gasteiger partial charge on any atom is -0.484 e. The molecule has 0 aromatic carbocycles. The first-order valence-corrected chi connectivity index (χ1v) is 5.90.